The van der Waals surface area contributed by atoms with E-state index in [1.165, 1.54) is 19.2 Å². The molecule has 2 N–H and O–H groups in total. The average Bonchev–Trinajstić information content (AvgIpc) is 3.01. The lowest BCUT2D eigenvalue weighted by Crippen LogP contribution is -1.95. The molecule has 0 atom stereocenters. The second-order valence-corrected chi connectivity index (χ2v) is 3.66. The minimum absolute atomic E-state index is 0.504. The zero-order valence-corrected chi connectivity index (χ0v) is 7.64. The van der Waals surface area contributed by atoms with Crippen LogP contribution in [0.4, 0.5) is 5.82 Å². The molecule has 1 aliphatic rings. The van der Waals surface area contributed by atoms with Gasteiger partial charge < -0.3 is 5.73 Å². The average molecular weight is 186 g/mol. The molecule has 2 aromatic rings. The molecule has 2 heterocycles. The maximum absolute atomic E-state index is 5.71. The van der Waals surface area contributed by atoms with Crippen molar-refractivity contribution in [1.29, 1.82) is 0 Å². The van der Waals surface area contributed by atoms with Crippen molar-refractivity contribution >= 4 is 16.7 Å². The van der Waals surface area contributed by atoms with E-state index in [0.29, 0.717) is 11.7 Å². The van der Waals surface area contributed by atoms with Crippen LogP contribution in [0.5, 0.6) is 0 Å². The SMILES string of the molecule is Nc1ncnc2cc(C3CC3)ncc12. The quantitative estimate of drug-likeness (QED) is 0.732. The summed E-state index contributed by atoms with van der Waals surface area (Å²) in [7, 11) is 0. The number of hydrogen-bond donors (Lipinski definition) is 1. The molecule has 0 unspecified atom stereocenters. The van der Waals surface area contributed by atoms with Gasteiger partial charge in [-0.15, -0.1) is 0 Å². The molecule has 2 aromatic heterocycles. The van der Waals surface area contributed by atoms with Gasteiger partial charge in [0.2, 0.25) is 0 Å². The van der Waals surface area contributed by atoms with Crippen LogP contribution < -0.4 is 5.73 Å². The summed E-state index contributed by atoms with van der Waals surface area (Å²) in [6.45, 7) is 0. The molecule has 0 bridgehead atoms. The van der Waals surface area contributed by atoms with Crippen LogP contribution in [0.3, 0.4) is 0 Å². The second-order valence-electron chi connectivity index (χ2n) is 3.66. The summed E-state index contributed by atoms with van der Waals surface area (Å²) in [5.41, 5.74) is 7.74. The minimum atomic E-state index is 0.504. The summed E-state index contributed by atoms with van der Waals surface area (Å²) >= 11 is 0. The Bertz CT molecular complexity index is 490. The summed E-state index contributed by atoms with van der Waals surface area (Å²) in [4.78, 5) is 12.5. The molecule has 0 spiro atoms. The summed E-state index contributed by atoms with van der Waals surface area (Å²) < 4.78 is 0. The maximum Gasteiger partial charge on any atom is 0.136 e. The first-order chi connectivity index (χ1) is 6.84. The molecule has 1 saturated carbocycles. The van der Waals surface area contributed by atoms with Gasteiger partial charge in [-0.1, -0.05) is 0 Å². The van der Waals surface area contributed by atoms with E-state index in [4.69, 9.17) is 5.73 Å². The van der Waals surface area contributed by atoms with Crippen LogP contribution in [0, 0.1) is 0 Å². The van der Waals surface area contributed by atoms with Gasteiger partial charge in [0, 0.05) is 17.8 Å². The zero-order chi connectivity index (χ0) is 9.54. The summed E-state index contributed by atoms with van der Waals surface area (Å²) in [5, 5.41) is 0.844. The summed E-state index contributed by atoms with van der Waals surface area (Å²) in [5.74, 6) is 1.15. The Morgan fingerprint density at radius 2 is 2.07 bits per heavy atom. The largest absolute Gasteiger partial charge is 0.383 e. The number of rotatable bonds is 1. The molecule has 0 aliphatic heterocycles. The number of nitrogens with two attached hydrogens (primary N) is 1. The van der Waals surface area contributed by atoms with Crippen LogP contribution in [0.1, 0.15) is 24.5 Å². The van der Waals surface area contributed by atoms with Gasteiger partial charge in [-0.05, 0) is 18.9 Å². The van der Waals surface area contributed by atoms with Gasteiger partial charge in [-0.3, -0.25) is 4.98 Å². The highest BCUT2D eigenvalue weighted by molar-refractivity contribution is 5.87. The first kappa shape index (κ1) is 7.67. The number of nitrogens with zero attached hydrogens (tertiary/aromatic N) is 3. The van der Waals surface area contributed by atoms with Gasteiger partial charge in [0.15, 0.2) is 0 Å². The number of nitrogen functional groups attached to an aromatic ring is 1. The van der Waals surface area contributed by atoms with Gasteiger partial charge in [-0.25, -0.2) is 9.97 Å². The van der Waals surface area contributed by atoms with E-state index < -0.39 is 0 Å². The third kappa shape index (κ3) is 1.11. The molecule has 4 nitrogen and oxygen atoms in total. The fourth-order valence-electron chi connectivity index (χ4n) is 1.59. The molecule has 14 heavy (non-hydrogen) atoms. The molecule has 70 valence electrons. The Labute approximate surface area is 81.2 Å². The predicted molar refractivity (Wildman–Crippen MR) is 53.7 cm³/mol. The van der Waals surface area contributed by atoms with Crippen molar-refractivity contribution in [1.82, 2.24) is 15.0 Å². The number of aromatic nitrogens is 3. The molecule has 1 fully saturated rings. The topological polar surface area (TPSA) is 64.7 Å². The van der Waals surface area contributed by atoms with E-state index in [1.807, 2.05) is 6.07 Å². The molecule has 1 aliphatic carbocycles. The standard InChI is InChI=1S/C10H10N4/c11-10-7-4-12-8(6-1-2-6)3-9(7)13-5-14-10/h3-6H,1-2H2,(H2,11,13,14). The van der Waals surface area contributed by atoms with E-state index in [0.717, 1.165) is 16.6 Å². The number of hydrogen-bond acceptors (Lipinski definition) is 4. The van der Waals surface area contributed by atoms with Crippen molar-refractivity contribution in [3.05, 3.63) is 24.3 Å². The summed E-state index contributed by atoms with van der Waals surface area (Å²) in [6, 6.07) is 2.02. The van der Waals surface area contributed by atoms with Crippen molar-refractivity contribution in [3.8, 4) is 0 Å². The predicted octanol–water partition coefficient (Wildman–Crippen LogP) is 1.48. The highest BCUT2D eigenvalue weighted by atomic mass is 14.9. The van der Waals surface area contributed by atoms with E-state index in [1.54, 1.807) is 6.20 Å². The van der Waals surface area contributed by atoms with E-state index in [2.05, 4.69) is 15.0 Å². The fourth-order valence-corrected chi connectivity index (χ4v) is 1.59. The third-order valence-electron chi connectivity index (χ3n) is 2.57. The van der Waals surface area contributed by atoms with Gasteiger partial charge in [0.25, 0.3) is 0 Å². The van der Waals surface area contributed by atoms with Crippen LogP contribution in [0.15, 0.2) is 18.6 Å². The van der Waals surface area contributed by atoms with Gasteiger partial charge >= 0.3 is 0 Å². The minimum Gasteiger partial charge on any atom is -0.383 e. The third-order valence-corrected chi connectivity index (χ3v) is 2.57. The van der Waals surface area contributed by atoms with E-state index in [-0.39, 0.29) is 0 Å². The lowest BCUT2D eigenvalue weighted by atomic mass is 10.2. The van der Waals surface area contributed by atoms with E-state index in [9.17, 15) is 0 Å². The Kier molecular flexibility index (Phi) is 1.45. The molecule has 0 amide bonds. The zero-order valence-electron chi connectivity index (χ0n) is 7.64. The van der Waals surface area contributed by atoms with Crippen molar-refractivity contribution < 1.29 is 0 Å². The van der Waals surface area contributed by atoms with Crippen molar-refractivity contribution in [2.45, 2.75) is 18.8 Å². The maximum atomic E-state index is 5.71. The van der Waals surface area contributed by atoms with Gasteiger partial charge in [-0.2, -0.15) is 0 Å². The van der Waals surface area contributed by atoms with Crippen molar-refractivity contribution in [3.63, 3.8) is 0 Å². The Hall–Kier alpha value is -1.71. The van der Waals surface area contributed by atoms with Gasteiger partial charge in [0.05, 0.1) is 10.9 Å². The highest BCUT2D eigenvalue weighted by Crippen LogP contribution is 2.39. The first-order valence-corrected chi connectivity index (χ1v) is 4.71. The second kappa shape index (κ2) is 2.64. The van der Waals surface area contributed by atoms with E-state index >= 15 is 0 Å². The molecule has 0 saturated heterocycles. The molecular formula is C10H10N4. The lowest BCUT2D eigenvalue weighted by Gasteiger charge is -2.01. The first-order valence-electron chi connectivity index (χ1n) is 4.71. The molecular weight excluding hydrogens is 176 g/mol. The molecule has 3 rings (SSSR count). The monoisotopic (exact) mass is 186 g/mol. The Morgan fingerprint density at radius 3 is 2.86 bits per heavy atom. The number of anilines is 1. The van der Waals surface area contributed by atoms with Crippen molar-refractivity contribution in [2.24, 2.45) is 0 Å². The van der Waals surface area contributed by atoms with Crippen LogP contribution in [-0.4, -0.2) is 15.0 Å². The van der Waals surface area contributed by atoms with Crippen LogP contribution in [-0.2, 0) is 0 Å². The normalized spacial score (nSPS) is 16.0. The van der Waals surface area contributed by atoms with Crippen molar-refractivity contribution in [2.75, 3.05) is 5.73 Å². The molecule has 0 aromatic carbocycles. The molecule has 0 radical (unpaired) electrons. The Balaban J connectivity index is 2.23. The van der Waals surface area contributed by atoms with Gasteiger partial charge in [0.1, 0.15) is 12.1 Å². The molecule has 4 heteroatoms. The highest BCUT2D eigenvalue weighted by Gasteiger charge is 2.25. The Morgan fingerprint density at radius 1 is 1.21 bits per heavy atom. The number of pyridine rings is 1. The van der Waals surface area contributed by atoms with Crippen LogP contribution in [0.2, 0.25) is 0 Å². The fraction of sp³-hybridized carbons (Fsp3) is 0.300. The smallest absolute Gasteiger partial charge is 0.136 e. The van der Waals surface area contributed by atoms with Crippen LogP contribution >= 0.6 is 0 Å². The van der Waals surface area contributed by atoms with Crippen LogP contribution in [0.25, 0.3) is 10.9 Å². The summed E-state index contributed by atoms with van der Waals surface area (Å²) in [6.07, 6.45) is 5.77. The number of fused-ring (bicyclic) bond motifs is 1. The lowest BCUT2D eigenvalue weighted by molar-refractivity contribution is 1.03.